The van der Waals surface area contributed by atoms with Gasteiger partial charge in [0.1, 0.15) is 0 Å². The van der Waals surface area contributed by atoms with Crippen LogP contribution in [0.5, 0.6) is 0 Å². The van der Waals surface area contributed by atoms with Crippen LogP contribution < -0.4 is 0 Å². The van der Waals surface area contributed by atoms with E-state index in [1.807, 2.05) is 19.5 Å². The Balaban J connectivity index is 1.52. The lowest BCUT2D eigenvalue weighted by atomic mass is 9.92. The van der Waals surface area contributed by atoms with Crippen LogP contribution in [0.4, 0.5) is 0 Å². The fourth-order valence-corrected chi connectivity index (χ4v) is 4.45. The van der Waals surface area contributed by atoms with E-state index in [1.54, 1.807) is 0 Å². The SMILES string of the molecule is CO[C@H]1CSC2(C1)CN(Cc1ccncc1)C2. The number of thioether (sulfide) groups is 1. The Kier molecular flexibility index (Phi) is 3.11. The molecule has 1 atom stereocenters. The van der Waals surface area contributed by atoms with E-state index < -0.39 is 0 Å². The van der Waals surface area contributed by atoms with Crippen LogP contribution in [-0.2, 0) is 11.3 Å². The van der Waals surface area contributed by atoms with E-state index in [0.717, 1.165) is 6.54 Å². The van der Waals surface area contributed by atoms with Gasteiger partial charge in [-0.2, -0.15) is 0 Å². The highest BCUT2D eigenvalue weighted by atomic mass is 32.2. The van der Waals surface area contributed by atoms with Gasteiger partial charge in [0, 0.05) is 49.6 Å². The molecule has 0 bridgehead atoms. The lowest BCUT2D eigenvalue weighted by Gasteiger charge is -2.47. The van der Waals surface area contributed by atoms with E-state index in [0.29, 0.717) is 10.9 Å². The molecule has 2 aliphatic rings. The van der Waals surface area contributed by atoms with Gasteiger partial charge < -0.3 is 4.74 Å². The van der Waals surface area contributed by atoms with Crippen molar-refractivity contribution >= 4 is 11.8 Å². The number of hydrogen-bond donors (Lipinski definition) is 0. The Morgan fingerprint density at radius 1 is 1.47 bits per heavy atom. The summed E-state index contributed by atoms with van der Waals surface area (Å²) in [5.74, 6) is 1.17. The van der Waals surface area contributed by atoms with Crippen molar-refractivity contribution in [1.82, 2.24) is 9.88 Å². The quantitative estimate of drug-likeness (QED) is 0.816. The number of aromatic nitrogens is 1. The molecule has 0 aromatic carbocycles. The number of pyridine rings is 1. The van der Waals surface area contributed by atoms with Crippen LogP contribution >= 0.6 is 11.8 Å². The van der Waals surface area contributed by atoms with Gasteiger partial charge in [0.05, 0.1) is 6.10 Å². The summed E-state index contributed by atoms with van der Waals surface area (Å²) in [5, 5.41) is 0. The molecular weight excluding hydrogens is 232 g/mol. The molecule has 17 heavy (non-hydrogen) atoms. The normalized spacial score (nSPS) is 27.2. The summed E-state index contributed by atoms with van der Waals surface area (Å²) in [5.41, 5.74) is 1.36. The molecule has 0 aliphatic carbocycles. The minimum atomic E-state index is 0.475. The van der Waals surface area contributed by atoms with Gasteiger partial charge >= 0.3 is 0 Å². The van der Waals surface area contributed by atoms with Crippen LogP contribution in [0.1, 0.15) is 12.0 Å². The zero-order chi connectivity index (χ0) is 11.7. The first-order valence-corrected chi connectivity index (χ1v) is 7.06. The minimum Gasteiger partial charge on any atom is -0.381 e. The molecular formula is C13H18N2OS. The average molecular weight is 250 g/mol. The number of hydrogen-bond acceptors (Lipinski definition) is 4. The lowest BCUT2D eigenvalue weighted by molar-refractivity contribution is 0.0631. The molecule has 3 nitrogen and oxygen atoms in total. The maximum Gasteiger partial charge on any atom is 0.0676 e. The van der Waals surface area contributed by atoms with Gasteiger partial charge in [0.25, 0.3) is 0 Å². The average Bonchev–Trinajstić information content (AvgIpc) is 2.74. The summed E-state index contributed by atoms with van der Waals surface area (Å²) in [6.07, 6.45) is 5.44. The fraction of sp³-hybridized carbons (Fsp3) is 0.615. The molecule has 2 saturated heterocycles. The predicted octanol–water partition coefficient (Wildman–Crippen LogP) is 1.79. The summed E-state index contributed by atoms with van der Waals surface area (Å²) in [6.45, 7) is 3.47. The maximum absolute atomic E-state index is 5.45. The largest absolute Gasteiger partial charge is 0.381 e. The van der Waals surface area contributed by atoms with Gasteiger partial charge in [-0.15, -0.1) is 11.8 Å². The molecule has 0 unspecified atom stereocenters. The van der Waals surface area contributed by atoms with Crippen LogP contribution in [0.3, 0.4) is 0 Å². The van der Waals surface area contributed by atoms with Crippen LogP contribution in [0.2, 0.25) is 0 Å². The second-order valence-electron chi connectivity index (χ2n) is 5.06. The van der Waals surface area contributed by atoms with E-state index in [1.165, 1.54) is 30.8 Å². The fourth-order valence-electron chi connectivity index (χ4n) is 2.80. The van der Waals surface area contributed by atoms with E-state index >= 15 is 0 Å². The lowest BCUT2D eigenvalue weighted by Crippen LogP contribution is -2.58. The molecule has 0 saturated carbocycles. The van der Waals surface area contributed by atoms with Crippen molar-refractivity contribution in [2.45, 2.75) is 23.8 Å². The van der Waals surface area contributed by atoms with E-state index in [2.05, 4.69) is 33.8 Å². The van der Waals surface area contributed by atoms with Gasteiger partial charge in [0.2, 0.25) is 0 Å². The van der Waals surface area contributed by atoms with Crippen molar-refractivity contribution in [1.29, 1.82) is 0 Å². The Morgan fingerprint density at radius 2 is 2.24 bits per heavy atom. The van der Waals surface area contributed by atoms with Crippen LogP contribution in [0, 0.1) is 0 Å². The molecule has 1 aromatic heterocycles. The molecule has 0 radical (unpaired) electrons. The van der Waals surface area contributed by atoms with E-state index in [4.69, 9.17) is 4.74 Å². The Hall–Kier alpha value is -0.580. The summed E-state index contributed by atoms with van der Waals surface area (Å²) in [4.78, 5) is 6.56. The molecule has 1 aromatic rings. The maximum atomic E-state index is 5.45. The number of ether oxygens (including phenoxy) is 1. The molecule has 0 amide bonds. The smallest absolute Gasteiger partial charge is 0.0676 e. The number of likely N-dealkylation sites (tertiary alicyclic amines) is 1. The summed E-state index contributed by atoms with van der Waals surface area (Å²) in [7, 11) is 1.83. The van der Waals surface area contributed by atoms with Crippen molar-refractivity contribution in [3.05, 3.63) is 30.1 Å². The zero-order valence-electron chi connectivity index (χ0n) is 10.1. The topological polar surface area (TPSA) is 25.4 Å². The van der Waals surface area contributed by atoms with Gasteiger partial charge in [-0.05, 0) is 24.1 Å². The highest BCUT2D eigenvalue weighted by Gasteiger charge is 2.48. The number of nitrogens with zero attached hydrogens (tertiary/aromatic N) is 2. The van der Waals surface area contributed by atoms with Gasteiger partial charge in [0.15, 0.2) is 0 Å². The van der Waals surface area contributed by atoms with Crippen LogP contribution in [0.25, 0.3) is 0 Å². The van der Waals surface area contributed by atoms with Gasteiger partial charge in [-0.25, -0.2) is 0 Å². The Morgan fingerprint density at radius 3 is 2.88 bits per heavy atom. The molecule has 3 heterocycles. The standard InChI is InChI=1S/C13H18N2OS/c1-16-12-6-13(17-8-12)9-15(10-13)7-11-2-4-14-5-3-11/h2-5,12H,6-10H2,1H3/t12-/m1/s1. The second kappa shape index (κ2) is 4.59. The zero-order valence-corrected chi connectivity index (χ0v) is 10.9. The molecule has 0 N–H and O–H groups in total. The third-order valence-electron chi connectivity index (χ3n) is 3.69. The Labute approximate surface area is 107 Å². The van der Waals surface area contributed by atoms with E-state index in [-0.39, 0.29) is 0 Å². The molecule has 4 heteroatoms. The van der Waals surface area contributed by atoms with Crippen LogP contribution in [-0.4, -0.2) is 46.7 Å². The number of methoxy groups -OCH3 is 1. The summed E-state index contributed by atoms with van der Waals surface area (Å²) in [6, 6.07) is 4.20. The van der Waals surface area contributed by atoms with Crippen molar-refractivity contribution in [3.8, 4) is 0 Å². The van der Waals surface area contributed by atoms with Gasteiger partial charge in [-0.1, -0.05) is 0 Å². The first kappa shape index (κ1) is 11.5. The van der Waals surface area contributed by atoms with E-state index in [9.17, 15) is 0 Å². The first-order chi connectivity index (χ1) is 8.30. The highest BCUT2D eigenvalue weighted by Crippen LogP contribution is 2.46. The molecule has 92 valence electrons. The molecule has 1 spiro atoms. The van der Waals surface area contributed by atoms with Crippen molar-refractivity contribution in [2.75, 3.05) is 26.0 Å². The van der Waals surface area contributed by atoms with Gasteiger partial charge in [-0.3, -0.25) is 9.88 Å². The molecule has 2 aliphatic heterocycles. The second-order valence-corrected chi connectivity index (χ2v) is 6.54. The third kappa shape index (κ3) is 2.34. The Bertz CT molecular complexity index is 378. The highest BCUT2D eigenvalue weighted by molar-refractivity contribution is 8.01. The summed E-state index contributed by atoms with van der Waals surface area (Å²) >= 11 is 2.10. The number of rotatable bonds is 3. The summed E-state index contributed by atoms with van der Waals surface area (Å²) < 4.78 is 5.94. The van der Waals surface area contributed by atoms with Crippen molar-refractivity contribution in [2.24, 2.45) is 0 Å². The monoisotopic (exact) mass is 250 g/mol. The minimum absolute atomic E-state index is 0.475. The van der Waals surface area contributed by atoms with Crippen molar-refractivity contribution < 1.29 is 4.74 Å². The molecule has 3 rings (SSSR count). The molecule has 2 fully saturated rings. The predicted molar refractivity (Wildman–Crippen MR) is 70.1 cm³/mol. The third-order valence-corrected chi connectivity index (χ3v) is 5.26. The van der Waals surface area contributed by atoms with Crippen LogP contribution in [0.15, 0.2) is 24.5 Å². The first-order valence-electron chi connectivity index (χ1n) is 6.08. The van der Waals surface area contributed by atoms with Crippen molar-refractivity contribution in [3.63, 3.8) is 0 Å².